The maximum Gasteiger partial charge on any atom is 0.122 e. The summed E-state index contributed by atoms with van der Waals surface area (Å²) in [4.78, 5) is 0. The maximum absolute atomic E-state index is 9.83. The smallest absolute Gasteiger partial charge is 0.122 e. The van der Waals surface area contributed by atoms with Gasteiger partial charge >= 0.3 is 0 Å². The Morgan fingerprint density at radius 1 is 1.24 bits per heavy atom. The highest BCUT2D eigenvalue weighted by Crippen LogP contribution is 2.20. The summed E-state index contributed by atoms with van der Waals surface area (Å²) in [7, 11) is 0. The molecule has 96 valence electrons. The number of thioether (sulfide) groups is 1. The lowest BCUT2D eigenvalue weighted by Crippen LogP contribution is -2.14. The molecular weight excluding hydrogens is 230 g/mol. The van der Waals surface area contributed by atoms with E-state index in [2.05, 4.69) is 11.6 Å². The van der Waals surface area contributed by atoms with Crippen LogP contribution >= 0.6 is 11.8 Å². The van der Waals surface area contributed by atoms with Crippen molar-refractivity contribution in [3.63, 3.8) is 0 Å². The van der Waals surface area contributed by atoms with Gasteiger partial charge in [-0.15, -0.1) is 0 Å². The van der Waals surface area contributed by atoms with Crippen molar-refractivity contribution in [1.29, 1.82) is 0 Å². The summed E-state index contributed by atoms with van der Waals surface area (Å²) in [6.45, 7) is 3.72. The zero-order valence-corrected chi connectivity index (χ0v) is 11.6. The van der Waals surface area contributed by atoms with Gasteiger partial charge in [-0.3, -0.25) is 0 Å². The van der Waals surface area contributed by atoms with Gasteiger partial charge in [0.2, 0.25) is 0 Å². The van der Waals surface area contributed by atoms with Crippen LogP contribution in [0.4, 0.5) is 0 Å². The first-order valence-corrected chi connectivity index (χ1v) is 7.62. The molecule has 0 saturated carbocycles. The highest BCUT2D eigenvalue weighted by molar-refractivity contribution is 7.98. The summed E-state index contributed by atoms with van der Waals surface area (Å²) in [5.74, 6) is 1.70. The fourth-order valence-electron chi connectivity index (χ4n) is 1.76. The molecule has 0 spiro atoms. The molecule has 1 rings (SSSR count). The SMILES string of the molecule is CSCCCCCNCc1cccc(C)c1O. The molecule has 0 atom stereocenters. The van der Waals surface area contributed by atoms with Crippen molar-refractivity contribution in [2.24, 2.45) is 0 Å². The molecule has 17 heavy (non-hydrogen) atoms. The lowest BCUT2D eigenvalue weighted by atomic mass is 10.1. The van der Waals surface area contributed by atoms with Crippen LogP contribution in [0.3, 0.4) is 0 Å². The summed E-state index contributed by atoms with van der Waals surface area (Å²) >= 11 is 1.91. The summed E-state index contributed by atoms with van der Waals surface area (Å²) in [6.07, 6.45) is 5.96. The number of aryl methyl sites for hydroxylation is 1. The van der Waals surface area contributed by atoms with Crippen LogP contribution in [0.15, 0.2) is 18.2 Å². The second kappa shape index (κ2) is 8.43. The zero-order valence-electron chi connectivity index (χ0n) is 10.8. The number of unbranched alkanes of at least 4 members (excludes halogenated alkanes) is 2. The third kappa shape index (κ3) is 5.46. The number of rotatable bonds is 8. The molecule has 0 unspecified atom stereocenters. The van der Waals surface area contributed by atoms with Gasteiger partial charge in [0, 0.05) is 12.1 Å². The van der Waals surface area contributed by atoms with Crippen LogP contribution in [0.5, 0.6) is 5.75 Å². The first-order chi connectivity index (χ1) is 8.25. The summed E-state index contributed by atoms with van der Waals surface area (Å²) in [6, 6.07) is 5.90. The third-order valence-corrected chi connectivity index (χ3v) is 3.54. The molecule has 0 amide bonds. The second-order valence-electron chi connectivity index (χ2n) is 4.31. The Hall–Kier alpha value is -0.670. The third-order valence-electron chi connectivity index (χ3n) is 2.84. The Bertz CT molecular complexity index is 328. The Kier molecular flexibility index (Phi) is 7.13. The van der Waals surface area contributed by atoms with Gasteiger partial charge in [0.25, 0.3) is 0 Å². The topological polar surface area (TPSA) is 32.3 Å². The summed E-state index contributed by atoms with van der Waals surface area (Å²) in [5.41, 5.74) is 1.94. The van der Waals surface area contributed by atoms with E-state index in [0.717, 1.165) is 24.2 Å². The minimum absolute atomic E-state index is 0.433. The monoisotopic (exact) mass is 253 g/mol. The van der Waals surface area contributed by atoms with E-state index in [-0.39, 0.29) is 0 Å². The Balaban J connectivity index is 2.16. The van der Waals surface area contributed by atoms with E-state index in [4.69, 9.17) is 0 Å². The standard InChI is InChI=1S/C14H23NOS/c1-12-7-6-8-13(14(12)16)11-15-9-4-3-5-10-17-2/h6-8,15-16H,3-5,9-11H2,1-2H3. The second-order valence-corrected chi connectivity index (χ2v) is 5.30. The minimum atomic E-state index is 0.433. The lowest BCUT2D eigenvalue weighted by molar-refractivity contribution is 0.460. The Morgan fingerprint density at radius 2 is 2.06 bits per heavy atom. The number of hydrogen-bond donors (Lipinski definition) is 2. The molecule has 0 aliphatic heterocycles. The zero-order chi connectivity index (χ0) is 12.5. The van der Waals surface area contributed by atoms with E-state index in [0.29, 0.717) is 5.75 Å². The van der Waals surface area contributed by atoms with Gasteiger partial charge in [0.15, 0.2) is 0 Å². The van der Waals surface area contributed by atoms with Crippen LogP contribution in [0.2, 0.25) is 0 Å². The molecule has 0 aromatic heterocycles. The Morgan fingerprint density at radius 3 is 2.82 bits per heavy atom. The predicted molar refractivity (Wildman–Crippen MR) is 76.8 cm³/mol. The van der Waals surface area contributed by atoms with E-state index < -0.39 is 0 Å². The van der Waals surface area contributed by atoms with Crippen molar-refractivity contribution in [2.75, 3.05) is 18.6 Å². The molecule has 2 nitrogen and oxygen atoms in total. The number of aromatic hydroxyl groups is 1. The van der Waals surface area contributed by atoms with Crippen molar-refractivity contribution in [3.05, 3.63) is 29.3 Å². The van der Waals surface area contributed by atoms with Crippen molar-refractivity contribution in [1.82, 2.24) is 5.32 Å². The number of para-hydroxylation sites is 1. The average Bonchev–Trinajstić information content (AvgIpc) is 2.33. The number of nitrogens with one attached hydrogen (secondary N) is 1. The molecule has 0 aliphatic rings. The maximum atomic E-state index is 9.83. The molecule has 0 bridgehead atoms. The van der Waals surface area contributed by atoms with Crippen LogP contribution in [0.25, 0.3) is 0 Å². The molecule has 0 fully saturated rings. The lowest BCUT2D eigenvalue weighted by Gasteiger charge is -2.08. The van der Waals surface area contributed by atoms with Gasteiger partial charge in [-0.2, -0.15) is 11.8 Å². The van der Waals surface area contributed by atoms with Crippen LogP contribution in [0, 0.1) is 6.92 Å². The average molecular weight is 253 g/mol. The molecule has 2 N–H and O–H groups in total. The highest BCUT2D eigenvalue weighted by Gasteiger charge is 2.02. The molecular formula is C14H23NOS. The normalized spacial score (nSPS) is 10.7. The van der Waals surface area contributed by atoms with E-state index >= 15 is 0 Å². The fourth-order valence-corrected chi connectivity index (χ4v) is 2.25. The first-order valence-electron chi connectivity index (χ1n) is 6.23. The van der Waals surface area contributed by atoms with E-state index in [1.165, 1.54) is 25.0 Å². The first kappa shape index (κ1) is 14.4. The number of benzene rings is 1. The molecule has 0 heterocycles. The molecule has 1 aromatic rings. The van der Waals surface area contributed by atoms with Gasteiger partial charge in [0.1, 0.15) is 5.75 Å². The Labute approximate surface area is 109 Å². The van der Waals surface area contributed by atoms with Crippen molar-refractivity contribution in [2.45, 2.75) is 32.7 Å². The molecule has 0 saturated heterocycles. The van der Waals surface area contributed by atoms with Crippen molar-refractivity contribution < 1.29 is 5.11 Å². The number of hydrogen-bond acceptors (Lipinski definition) is 3. The summed E-state index contributed by atoms with van der Waals surface area (Å²) in [5, 5.41) is 13.2. The van der Waals surface area contributed by atoms with Crippen LogP contribution in [-0.4, -0.2) is 23.7 Å². The quantitative estimate of drug-likeness (QED) is 0.697. The van der Waals surface area contributed by atoms with Gasteiger partial charge in [-0.25, -0.2) is 0 Å². The molecule has 0 radical (unpaired) electrons. The number of phenolic OH excluding ortho intramolecular Hbond substituents is 1. The van der Waals surface area contributed by atoms with E-state index in [1.807, 2.05) is 36.9 Å². The van der Waals surface area contributed by atoms with Gasteiger partial charge < -0.3 is 10.4 Å². The van der Waals surface area contributed by atoms with E-state index in [9.17, 15) is 5.11 Å². The van der Waals surface area contributed by atoms with Gasteiger partial charge in [-0.1, -0.05) is 24.6 Å². The largest absolute Gasteiger partial charge is 0.507 e. The molecule has 3 heteroatoms. The van der Waals surface area contributed by atoms with Gasteiger partial charge in [0.05, 0.1) is 0 Å². The van der Waals surface area contributed by atoms with Gasteiger partial charge in [-0.05, 0) is 43.9 Å². The van der Waals surface area contributed by atoms with Crippen molar-refractivity contribution >= 4 is 11.8 Å². The fraction of sp³-hybridized carbons (Fsp3) is 0.571. The molecule has 0 aliphatic carbocycles. The number of phenols is 1. The summed E-state index contributed by atoms with van der Waals surface area (Å²) < 4.78 is 0. The predicted octanol–water partition coefficient (Wildman–Crippen LogP) is 3.32. The van der Waals surface area contributed by atoms with Crippen LogP contribution in [-0.2, 0) is 6.54 Å². The minimum Gasteiger partial charge on any atom is -0.507 e. The van der Waals surface area contributed by atoms with E-state index in [1.54, 1.807) is 0 Å². The van der Waals surface area contributed by atoms with Crippen molar-refractivity contribution in [3.8, 4) is 5.75 Å². The highest BCUT2D eigenvalue weighted by atomic mass is 32.2. The molecule has 1 aromatic carbocycles. The van der Waals surface area contributed by atoms with Crippen LogP contribution in [0.1, 0.15) is 30.4 Å². The van der Waals surface area contributed by atoms with Crippen LogP contribution < -0.4 is 5.32 Å².